The van der Waals surface area contributed by atoms with E-state index in [4.69, 9.17) is 4.42 Å². The molecular weight excluding hydrogens is 318 g/mol. The third-order valence-corrected chi connectivity index (χ3v) is 6.24. The average Bonchev–Trinajstić information content (AvgIpc) is 3.19. The molecule has 1 saturated carbocycles. The Labute approximate surface area is 148 Å². The first-order valence-corrected chi connectivity index (χ1v) is 9.36. The number of nitrogens with one attached hydrogen (secondary N) is 1. The summed E-state index contributed by atoms with van der Waals surface area (Å²) in [5, 5.41) is 3.38. The van der Waals surface area contributed by atoms with Crippen molar-refractivity contribution in [3.63, 3.8) is 0 Å². The lowest BCUT2D eigenvalue weighted by atomic mass is 9.91. The second-order valence-corrected chi connectivity index (χ2v) is 7.81. The Morgan fingerprint density at radius 1 is 1.12 bits per heavy atom. The summed E-state index contributed by atoms with van der Waals surface area (Å²) in [5.41, 5.74) is 0.925. The zero-order valence-electron chi connectivity index (χ0n) is 15.1. The number of nitrogens with zero attached hydrogens (tertiary/aromatic N) is 2. The van der Waals surface area contributed by atoms with Gasteiger partial charge in [-0.1, -0.05) is 0 Å². The van der Waals surface area contributed by atoms with Crippen molar-refractivity contribution < 1.29 is 14.0 Å². The smallest absolute Gasteiger partial charge is 0.257 e. The minimum absolute atomic E-state index is 0.0164. The molecule has 1 aromatic rings. The van der Waals surface area contributed by atoms with Gasteiger partial charge in [-0.15, -0.1) is 0 Å². The molecule has 0 radical (unpaired) electrons. The number of carbonyl (C=O) groups is 2. The van der Waals surface area contributed by atoms with Crippen molar-refractivity contribution in [1.82, 2.24) is 15.1 Å². The van der Waals surface area contributed by atoms with Gasteiger partial charge in [0.1, 0.15) is 11.5 Å². The van der Waals surface area contributed by atoms with Crippen molar-refractivity contribution in [3.05, 3.63) is 23.2 Å². The van der Waals surface area contributed by atoms with E-state index in [0.717, 1.165) is 38.1 Å². The number of aryl methyl sites for hydroxylation is 2. The maximum absolute atomic E-state index is 12.8. The molecule has 0 aromatic carbocycles. The number of hydrogen-bond acceptors (Lipinski definition) is 4. The quantitative estimate of drug-likeness (QED) is 0.884. The number of furan rings is 1. The summed E-state index contributed by atoms with van der Waals surface area (Å²) in [5.74, 6) is 1.98. The summed E-state index contributed by atoms with van der Waals surface area (Å²) in [6, 6.07) is 1.81. The van der Waals surface area contributed by atoms with E-state index in [1.807, 2.05) is 23.6 Å². The SMILES string of the molecule is Cc1cc(C(=O)N2CCN(C(=O)C3CC34CCNCC4)CC2)c(C)o1. The molecule has 1 atom stereocenters. The van der Waals surface area contributed by atoms with Crippen molar-refractivity contribution in [2.45, 2.75) is 33.1 Å². The Balaban J connectivity index is 1.33. The van der Waals surface area contributed by atoms with Gasteiger partial charge in [-0.3, -0.25) is 9.59 Å². The van der Waals surface area contributed by atoms with Gasteiger partial charge in [-0.2, -0.15) is 0 Å². The molecule has 1 spiro atoms. The van der Waals surface area contributed by atoms with Crippen LogP contribution in [0.2, 0.25) is 0 Å². The van der Waals surface area contributed by atoms with Gasteiger partial charge in [0.05, 0.1) is 5.56 Å². The maximum Gasteiger partial charge on any atom is 0.257 e. The second-order valence-electron chi connectivity index (χ2n) is 7.81. The number of hydrogen-bond donors (Lipinski definition) is 1. The molecule has 2 aliphatic heterocycles. The zero-order valence-corrected chi connectivity index (χ0v) is 15.1. The molecule has 25 heavy (non-hydrogen) atoms. The van der Waals surface area contributed by atoms with Gasteiger partial charge < -0.3 is 19.5 Å². The van der Waals surface area contributed by atoms with Crippen molar-refractivity contribution in [2.24, 2.45) is 11.3 Å². The molecule has 1 aliphatic carbocycles. The predicted molar refractivity (Wildman–Crippen MR) is 93.3 cm³/mol. The Bertz CT molecular complexity index is 682. The van der Waals surface area contributed by atoms with Crippen molar-refractivity contribution in [2.75, 3.05) is 39.3 Å². The molecule has 1 unspecified atom stereocenters. The highest BCUT2D eigenvalue weighted by molar-refractivity contribution is 5.95. The maximum atomic E-state index is 12.8. The van der Waals surface area contributed by atoms with E-state index < -0.39 is 0 Å². The molecule has 3 fully saturated rings. The van der Waals surface area contributed by atoms with Crippen LogP contribution in [0, 0.1) is 25.2 Å². The van der Waals surface area contributed by atoms with Crippen molar-refractivity contribution >= 4 is 11.8 Å². The number of piperidine rings is 1. The Hall–Kier alpha value is -1.82. The van der Waals surface area contributed by atoms with Gasteiger partial charge >= 0.3 is 0 Å². The molecule has 6 nitrogen and oxygen atoms in total. The first-order valence-electron chi connectivity index (χ1n) is 9.36. The highest BCUT2D eigenvalue weighted by atomic mass is 16.3. The van der Waals surface area contributed by atoms with Crippen LogP contribution in [0.25, 0.3) is 0 Å². The molecule has 1 aromatic heterocycles. The summed E-state index contributed by atoms with van der Waals surface area (Å²) >= 11 is 0. The standard InChI is InChI=1S/C19H27N3O3/c1-13-11-15(14(2)25-13)17(23)21-7-9-22(10-8-21)18(24)16-12-19(16)3-5-20-6-4-19/h11,16,20H,3-10,12H2,1-2H3. The highest BCUT2D eigenvalue weighted by Gasteiger charge is 2.58. The van der Waals surface area contributed by atoms with Gasteiger partial charge in [0.25, 0.3) is 5.91 Å². The Kier molecular flexibility index (Phi) is 4.10. The molecular formula is C19H27N3O3. The minimum Gasteiger partial charge on any atom is -0.466 e. The predicted octanol–water partition coefficient (Wildman–Crippen LogP) is 1.57. The normalized spacial score (nSPS) is 25.3. The lowest BCUT2D eigenvalue weighted by Gasteiger charge is -2.35. The molecule has 3 heterocycles. The summed E-state index contributed by atoms with van der Waals surface area (Å²) in [4.78, 5) is 29.3. The Morgan fingerprint density at radius 2 is 1.76 bits per heavy atom. The molecule has 4 rings (SSSR count). The van der Waals surface area contributed by atoms with Crippen LogP contribution in [0.4, 0.5) is 0 Å². The highest BCUT2D eigenvalue weighted by Crippen LogP contribution is 2.59. The van der Waals surface area contributed by atoms with Gasteiger partial charge in [0, 0.05) is 32.1 Å². The van der Waals surface area contributed by atoms with Crippen LogP contribution in [-0.2, 0) is 4.79 Å². The van der Waals surface area contributed by atoms with E-state index in [2.05, 4.69) is 5.32 Å². The summed E-state index contributed by atoms with van der Waals surface area (Å²) in [7, 11) is 0. The Morgan fingerprint density at radius 3 is 2.36 bits per heavy atom. The fourth-order valence-corrected chi connectivity index (χ4v) is 4.54. The van der Waals surface area contributed by atoms with Gasteiger partial charge in [0.2, 0.25) is 5.91 Å². The molecule has 3 aliphatic rings. The van der Waals surface area contributed by atoms with Crippen LogP contribution in [0.1, 0.15) is 41.1 Å². The van der Waals surface area contributed by atoms with Gasteiger partial charge in [0.15, 0.2) is 0 Å². The van der Waals surface area contributed by atoms with Crippen LogP contribution < -0.4 is 5.32 Å². The van der Waals surface area contributed by atoms with E-state index in [-0.39, 0.29) is 17.2 Å². The van der Waals surface area contributed by atoms with E-state index in [9.17, 15) is 9.59 Å². The monoisotopic (exact) mass is 345 g/mol. The lowest BCUT2D eigenvalue weighted by molar-refractivity contribution is -0.135. The van der Waals surface area contributed by atoms with Crippen LogP contribution in [-0.4, -0.2) is 60.9 Å². The van der Waals surface area contributed by atoms with Gasteiger partial charge in [-0.25, -0.2) is 0 Å². The summed E-state index contributed by atoms with van der Waals surface area (Å²) in [6.07, 6.45) is 3.31. The largest absolute Gasteiger partial charge is 0.466 e. The molecule has 0 bridgehead atoms. The van der Waals surface area contributed by atoms with E-state index in [1.54, 1.807) is 6.07 Å². The third-order valence-electron chi connectivity index (χ3n) is 6.24. The first kappa shape index (κ1) is 16.6. The van der Waals surface area contributed by atoms with Crippen molar-refractivity contribution in [3.8, 4) is 0 Å². The second kappa shape index (κ2) is 6.16. The average molecular weight is 345 g/mol. The topological polar surface area (TPSA) is 65.8 Å². The van der Waals surface area contributed by atoms with Crippen molar-refractivity contribution in [1.29, 1.82) is 0 Å². The van der Waals surface area contributed by atoms with Crippen LogP contribution in [0.3, 0.4) is 0 Å². The fraction of sp³-hybridized carbons (Fsp3) is 0.684. The van der Waals surface area contributed by atoms with E-state index in [0.29, 0.717) is 43.4 Å². The van der Waals surface area contributed by atoms with Crippen LogP contribution in [0.5, 0.6) is 0 Å². The summed E-state index contributed by atoms with van der Waals surface area (Å²) < 4.78 is 5.47. The number of amides is 2. The van der Waals surface area contributed by atoms with Crippen LogP contribution in [0.15, 0.2) is 10.5 Å². The third kappa shape index (κ3) is 2.97. The molecule has 6 heteroatoms. The van der Waals surface area contributed by atoms with E-state index in [1.165, 1.54) is 0 Å². The summed E-state index contributed by atoms with van der Waals surface area (Å²) in [6.45, 7) is 8.25. The molecule has 2 saturated heterocycles. The lowest BCUT2D eigenvalue weighted by Crippen LogP contribution is -2.51. The van der Waals surface area contributed by atoms with Gasteiger partial charge in [-0.05, 0) is 57.7 Å². The molecule has 2 amide bonds. The zero-order chi connectivity index (χ0) is 17.6. The first-order chi connectivity index (χ1) is 12.0. The fourth-order valence-electron chi connectivity index (χ4n) is 4.54. The number of piperazine rings is 1. The van der Waals surface area contributed by atoms with E-state index >= 15 is 0 Å². The minimum atomic E-state index is 0.0164. The van der Waals surface area contributed by atoms with Crippen LogP contribution >= 0.6 is 0 Å². The molecule has 1 N–H and O–H groups in total. The molecule has 136 valence electrons. The number of rotatable bonds is 2. The number of carbonyl (C=O) groups excluding carboxylic acids is 2.